The van der Waals surface area contributed by atoms with Crippen molar-refractivity contribution in [2.24, 2.45) is 0 Å². The first kappa shape index (κ1) is 17.6. The van der Waals surface area contributed by atoms with Crippen LogP contribution in [-0.2, 0) is 4.79 Å². The molecule has 0 spiro atoms. The number of nitrogens with zero attached hydrogens (tertiary/aromatic N) is 2. The van der Waals surface area contributed by atoms with E-state index in [9.17, 15) is 19.7 Å². The Bertz CT molecular complexity index is 879. The lowest BCUT2D eigenvalue weighted by atomic mass is 10.1. The van der Waals surface area contributed by atoms with Crippen molar-refractivity contribution in [2.75, 3.05) is 16.8 Å². The molecule has 0 atom stereocenters. The summed E-state index contributed by atoms with van der Waals surface area (Å²) in [7, 11) is 0. The average molecular weight is 353 g/mol. The highest BCUT2D eigenvalue weighted by Crippen LogP contribution is 2.27. The second-order valence-electron chi connectivity index (χ2n) is 6.27. The molecule has 1 aliphatic rings. The number of carbonyl (C=O) groups excluding carboxylic acids is 2. The van der Waals surface area contributed by atoms with Gasteiger partial charge in [0.05, 0.1) is 4.92 Å². The summed E-state index contributed by atoms with van der Waals surface area (Å²) in [4.78, 5) is 36.5. The van der Waals surface area contributed by atoms with Crippen molar-refractivity contribution in [1.29, 1.82) is 0 Å². The summed E-state index contributed by atoms with van der Waals surface area (Å²) < 4.78 is 0. The molecule has 3 rings (SSSR count). The van der Waals surface area contributed by atoms with Crippen LogP contribution in [0.3, 0.4) is 0 Å². The molecule has 2 aromatic rings. The van der Waals surface area contributed by atoms with Crippen molar-refractivity contribution in [1.82, 2.24) is 0 Å². The van der Waals surface area contributed by atoms with E-state index in [0.29, 0.717) is 18.7 Å². The zero-order valence-corrected chi connectivity index (χ0v) is 14.4. The molecule has 0 aromatic heterocycles. The molecule has 1 fully saturated rings. The second-order valence-corrected chi connectivity index (χ2v) is 6.27. The maximum atomic E-state index is 12.3. The van der Waals surface area contributed by atoms with Crippen LogP contribution in [0.5, 0.6) is 0 Å². The van der Waals surface area contributed by atoms with E-state index in [-0.39, 0.29) is 17.2 Å². The number of non-ortho nitro benzene ring substituents is 1. The van der Waals surface area contributed by atoms with E-state index in [4.69, 9.17) is 0 Å². The van der Waals surface area contributed by atoms with Crippen LogP contribution in [0, 0.1) is 17.0 Å². The lowest BCUT2D eigenvalue weighted by Crippen LogP contribution is -2.35. The van der Waals surface area contributed by atoms with Crippen LogP contribution in [0.25, 0.3) is 0 Å². The zero-order chi connectivity index (χ0) is 18.7. The number of hydrogen-bond donors (Lipinski definition) is 1. The number of aryl methyl sites for hydroxylation is 1. The van der Waals surface area contributed by atoms with E-state index in [1.165, 1.54) is 24.3 Å². The number of rotatable bonds is 4. The largest absolute Gasteiger partial charge is 0.322 e. The van der Waals surface area contributed by atoms with E-state index in [1.807, 2.05) is 13.0 Å². The van der Waals surface area contributed by atoms with Crippen LogP contribution in [-0.4, -0.2) is 23.3 Å². The van der Waals surface area contributed by atoms with Crippen LogP contribution < -0.4 is 10.2 Å². The Morgan fingerprint density at radius 1 is 1.19 bits per heavy atom. The topological polar surface area (TPSA) is 92.5 Å². The number of carbonyl (C=O) groups is 2. The fourth-order valence-electron chi connectivity index (χ4n) is 3.06. The predicted molar refractivity (Wildman–Crippen MR) is 98.4 cm³/mol. The number of nitro groups is 1. The first-order valence-corrected chi connectivity index (χ1v) is 8.42. The van der Waals surface area contributed by atoms with Gasteiger partial charge in [-0.05, 0) is 49.6 Å². The normalized spacial score (nSPS) is 14.2. The van der Waals surface area contributed by atoms with Crippen molar-refractivity contribution >= 4 is 28.9 Å². The number of hydrogen-bond acceptors (Lipinski definition) is 4. The molecule has 26 heavy (non-hydrogen) atoms. The van der Waals surface area contributed by atoms with Crippen molar-refractivity contribution in [2.45, 2.75) is 26.2 Å². The number of nitrogens with one attached hydrogen (secondary N) is 1. The molecule has 134 valence electrons. The quantitative estimate of drug-likeness (QED) is 0.670. The fraction of sp³-hybridized carbons (Fsp3) is 0.263. The minimum Gasteiger partial charge on any atom is -0.322 e. The van der Waals surface area contributed by atoms with Crippen LogP contribution in [0.15, 0.2) is 42.5 Å². The Kier molecular flexibility index (Phi) is 4.97. The maximum Gasteiger partial charge on any atom is 0.270 e. The highest BCUT2D eigenvalue weighted by Gasteiger charge is 2.21. The van der Waals surface area contributed by atoms with Gasteiger partial charge in [-0.25, -0.2) is 0 Å². The molecule has 0 radical (unpaired) electrons. The molecular weight excluding hydrogens is 334 g/mol. The van der Waals surface area contributed by atoms with E-state index in [2.05, 4.69) is 5.32 Å². The Morgan fingerprint density at radius 2 is 2.00 bits per heavy atom. The van der Waals surface area contributed by atoms with Gasteiger partial charge in [0.2, 0.25) is 5.91 Å². The first-order valence-electron chi connectivity index (χ1n) is 8.42. The molecule has 1 heterocycles. The number of benzene rings is 2. The summed E-state index contributed by atoms with van der Waals surface area (Å²) in [6.45, 7) is 2.60. The van der Waals surface area contributed by atoms with Gasteiger partial charge in [0, 0.05) is 42.0 Å². The highest BCUT2D eigenvalue weighted by molar-refractivity contribution is 6.05. The van der Waals surface area contributed by atoms with E-state index in [1.54, 1.807) is 17.0 Å². The van der Waals surface area contributed by atoms with E-state index >= 15 is 0 Å². The standard InChI is InChI=1S/C19H19N3O4/c1-13-11-15(8-9-17(13)21-10-3-2-7-18(21)23)20-19(24)14-5-4-6-16(12-14)22(25)26/h4-6,8-9,11-12H,2-3,7,10H2,1H3,(H,20,24). The molecule has 7 nitrogen and oxygen atoms in total. The molecule has 0 saturated carbocycles. The van der Waals surface area contributed by atoms with Gasteiger partial charge in [-0.15, -0.1) is 0 Å². The predicted octanol–water partition coefficient (Wildman–Crippen LogP) is 3.67. The molecule has 2 aromatic carbocycles. The minimum absolute atomic E-state index is 0.118. The Balaban J connectivity index is 1.77. The molecular formula is C19H19N3O4. The molecule has 2 amide bonds. The van der Waals surface area contributed by atoms with Crippen molar-refractivity contribution < 1.29 is 14.5 Å². The molecule has 1 N–H and O–H groups in total. The maximum absolute atomic E-state index is 12.3. The number of anilines is 2. The van der Waals surface area contributed by atoms with Crippen molar-refractivity contribution in [3.63, 3.8) is 0 Å². The van der Waals surface area contributed by atoms with E-state index < -0.39 is 10.8 Å². The average Bonchev–Trinajstić information content (AvgIpc) is 2.63. The summed E-state index contributed by atoms with van der Waals surface area (Å²) in [6.07, 6.45) is 2.47. The highest BCUT2D eigenvalue weighted by atomic mass is 16.6. The SMILES string of the molecule is Cc1cc(NC(=O)c2cccc([N+](=O)[O-])c2)ccc1N1CCCCC1=O. The fourth-order valence-corrected chi connectivity index (χ4v) is 3.06. The van der Waals surface area contributed by atoms with Gasteiger partial charge in [0.15, 0.2) is 0 Å². The lowest BCUT2D eigenvalue weighted by molar-refractivity contribution is -0.384. The van der Waals surface area contributed by atoms with Gasteiger partial charge >= 0.3 is 0 Å². The van der Waals surface area contributed by atoms with Gasteiger partial charge in [0.1, 0.15) is 0 Å². The third-order valence-electron chi connectivity index (χ3n) is 4.39. The second kappa shape index (κ2) is 7.35. The van der Waals surface area contributed by atoms with Crippen LogP contribution in [0.2, 0.25) is 0 Å². The molecule has 0 aliphatic carbocycles. The first-order chi connectivity index (χ1) is 12.5. The zero-order valence-electron chi connectivity index (χ0n) is 14.4. The summed E-state index contributed by atoms with van der Waals surface area (Å²) in [5.74, 6) is -0.303. The summed E-state index contributed by atoms with van der Waals surface area (Å²) in [5, 5.41) is 13.6. The van der Waals surface area contributed by atoms with Gasteiger partial charge in [-0.2, -0.15) is 0 Å². The third-order valence-corrected chi connectivity index (χ3v) is 4.39. The molecule has 0 bridgehead atoms. The van der Waals surface area contributed by atoms with Gasteiger partial charge in [0.25, 0.3) is 11.6 Å². The van der Waals surface area contributed by atoms with Gasteiger partial charge < -0.3 is 10.2 Å². The summed E-state index contributed by atoms with van der Waals surface area (Å²) >= 11 is 0. The molecule has 1 aliphatic heterocycles. The van der Waals surface area contributed by atoms with Crippen LogP contribution in [0.1, 0.15) is 35.2 Å². The van der Waals surface area contributed by atoms with Crippen LogP contribution in [0.4, 0.5) is 17.1 Å². The van der Waals surface area contributed by atoms with Gasteiger partial charge in [-0.1, -0.05) is 6.07 Å². The Hall–Kier alpha value is -3.22. The summed E-state index contributed by atoms with van der Waals surface area (Å²) in [6, 6.07) is 10.9. The van der Waals surface area contributed by atoms with Gasteiger partial charge in [-0.3, -0.25) is 19.7 Å². The van der Waals surface area contributed by atoms with E-state index in [0.717, 1.165) is 24.1 Å². The third kappa shape index (κ3) is 3.72. The smallest absolute Gasteiger partial charge is 0.270 e. The number of piperidine rings is 1. The molecule has 0 unspecified atom stereocenters. The molecule has 1 saturated heterocycles. The number of amides is 2. The molecule has 7 heteroatoms. The number of nitro benzene ring substituents is 1. The lowest BCUT2D eigenvalue weighted by Gasteiger charge is -2.28. The summed E-state index contributed by atoms with van der Waals surface area (Å²) in [5.41, 5.74) is 2.40. The monoisotopic (exact) mass is 353 g/mol. The Labute approximate surface area is 150 Å². The Morgan fingerprint density at radius 3 is 2.69 bits per heavy atom. The van der Waals surface area contributed by atoms with Crippen molar-refractivity contribution in [3.8, 4) is 0 Å². The minimum atomic E-state index is -0.536. The van der Waals surface area contributed by atoms with Crippen molar-refractivity contribution in [3.05, 3.63) is 63.7 Å². The van der Waals surface area contributed by atoms with Crippen LogP contribution >= 0.6 is 0 Å².